The third kappa shape index (κ3) is 4.52. The van der Waals surface area contributed by atoms with Crippen molar-refractivity contribution in [2.75, 3.05) is 10.6 Å². The molecule has 1 fully saturated rings. The Balaban J connectivity index is 1.29. The maximum atomic E-state index is 12.9. The molecule has 174 valence electrons. The van der Waals surface area contributed by atoms with Crippen molar-refractivity contribution in [3.8, 4) is 0 Å². The van der Waals surface area contributed by atoms with Gasteiger partial charge in [-0.05, 0) is 54.8 Å². The summed E-state index contributed by atoms with van der Waals surface area (Å²) in [4.78, 5) is 32.0. The van der Waals surface area contributed by atoms with Crippen LogP contribution in [0.4, 0.5) is 29.3 Å². The number of rotatable bonds is 5. The molecule has 0 aliphatic heterocycles. The van der Waals surface area contributed by atoms with Crippen LogP contribution >= 0.6 is 0 Å². The summed E-state index contributed by atoms with van der Waals surface area (Å²) < 4.78 is 40.5. The van der Waals surface area contributed by atoms with Crippen LogP contribution in [-0.4, -0.2) is 20.6 Å². The zero-order valence-electron chi connectivity index (χ0n) is 17.8. The molecule has 5 rings (SSSR count). The molecule has 2 aromatic carbocycles. The van der Waals surface area contributed by atoms with Gasteiger partial charge in [0.05, 0.1) is 11.1 Å². The zero-order chi connectivity index (χ0) is 23.9. The molecule has 1 saturated carbocycles. The number of aromatic amines is 1. The first kappa shape index (κ1) is 21.7. The van der Waals surface area contributed by atoms with Crippen LogP contribution in [0, 0.1) is 0 Å². The van der Waals surface area contributed by atoms with Crippen LogP contribution in [0.3, 0.4) is 0 Å². The molecule has 0 bridgehead atoms. The van der Waals surface area contributed by atoms with Crippen molar-refractivity contribution in [3.63, 3.8) is 0 Å². The number of amides is 2. The van der Waals surface area contributed by atoms with E-state index in [1.807, 2.05) is 16.7 Å². The lowest BCUT2D eigenvalue weighted by Crippen LogP contribution is -2.19. The molecule has 2 heterocycles. The second kappa shape index (κ2) is 8.36. The minimum atomic E-state index is -4.49. The minimum Gasteiger partial charge on any atom is -0.327 e. The van der Waals surface area contributed by atoms with Crippen molar-refractivity contribution in [2.24, 2.45) is 0 Å². The number of H-pyrrole nitrogens is 1. The van der Waals surface area contributed by atoms with Gasteiger partial charge in [-0.15, -0.1) is 0 Å². The number of benzene rings is 2. The second-order valence-corrected chi connectivity index (χ2v) is 8.23. The van der Waals surface area contributed by atoms with Crippen molar-refractivity contribution in [2.45, 2.75) is 31.5 Å². The van der Waals surface area contributed by atoms with E-state index in [4.69, 9.17) is 0 Å². The van der Waals surface area contributed by atoms with E-state index >= 15 is 0 Å². The molecule has 34 heavy (non-hydrogen) atoms. The third-order valence-electron chi connectivity index (χ3n) is 5.64. The molecule has 10 heteroatoms. The fraction of sp³-hybridized carbons (Fsp3) is 0.208. The number of pyridine rings is 1. The molecule has 0 saturated heterocycles. The summed E-state index contributed by atoms with van der Waals surface area (Å²) in [5, 5.41) is 5.01. The molecule has 2 aromatic heterocycles. The number of anilines is 2. The van der Waals surface area contributed by atoms with E-state index in [1.165, 1.54) is 12.1 Å². The van der Waals surface area contributed by atoms with Crippen molar-refractivity contribution in [3.05, 3.63) is 88.1 Å². The number of hydrogen-bond donors (Lipinski definition) is 3. The fourth-order valence-corrected chi connectivity index (χ4v) is 3.87. The maximum absolute atomic E-state index is 12.9. The van der Waals surface area contributed by atoms with E-state index in [0.717, 1.165) is 36.4 Å². The predicted octanol–water partition coefficient (Wildman–Crippen LogP) is 5.31. The largest absolute Gasteiger partial charge is 0.416 e. The Hall–Kier alpha value is -4.08. The summed E-state index contributed by atoms with van der Waals surface area (Å²) in [6, 6.07) is 12.6. The molecule has 1 aliphatic carbocycles. The lowest BCUT2D eigenvalue weighted by atomic mass is 10.2. The average molecular weight is 467 g/mol. The number of hydrogen-bond acceptors (Lipinski definition) is 3. The molecular weight excluding hydrogens is 447 g/mol. The number of carbonyl (C=O) groups is 1. The van der Waals surface area contributed by atoms with Gasteiger partial charge in [-0.2, -0.15) is 13.2 Å². The lowest BCUT2D eigenvalue weighted by molar-refractivity contribution is -0.137. The highest BCUT2D eigenvalue weighted by Gasteiger charge is 2.31. The molecule has 0 atom stereocenters. The van der Waals surface area contributed by atoms with Gasteiger partial charge < -0.3 is 20.2 Å². The standard InChI is InChI=1S/C24H20F3N5O2/c25-24(26,27)16-2-1-3-18(12-16)30-23(34)29-17-8-4-14(5-9-17)13-32-20-19(10-11-28-22(20)33)31-21(32)15-6-7-15/h1-5,8-12,15H,6-7,13H2,(H,28,33)(H2,29,30,34). The number of fused-ring (bicyclic) bond motifs is 1. The first-order chi connectivity index (χ1) is 16.3. The number of alkyl halides is 3. The number of nitrogens with zero attached hydrogens (tertiary/aromatic N) is 2. The number of urea groups is 1. The summed E-state index contributed by atoms with van der Waals surface area (Å²) in [5.74, 6) is 1.25. The van der Waals surface area contributed by atoms with E-state index in [2.05, 4.69) is 20.6 Å². The van der Waals surface area contributed by atoms with Gasteiger partial charge in [0.25, 0.3) is 5.56 Å². The summed E-state index contributed by atoms with van der Waals surface area (Å²) >= 11 is 0. The SMILES string of the molecule is O=C(Nc1ccc(Cn2c(C3CC3)nc3cc[nH]c(=O)c32)cc1)Nc1cccc(C(F)(F)F)c1. The van der Waals surface area contributed by atoms with Gasteiger partial charge in [-0.25, -0.2) is 9.78 Å². The van der Waals surface area contributed by atoms with Crippen LogP contribution in [0.5, 0.6) is 0 Å². The number of halogens is 3. The summed E-state index contributed by atoms with van der Waals surface area (Å²) in [6.07, 6.45) is -0.811. The van der Waals surface area contributed by atoms with E-state index < -0.39 is 17.8 Å². The Morgan fingerprint density at radius 2 is 1.79 bits per heavy atom. The van der Waals surface area contributed by atoms with Crippen LogP contribution in [-0.2, 0) is 12.7 Å². The molecule has 4 aromatic rings. The Morgan fingerprint density at radius 3 is 2.50 bits per heavy atom. The summed E-state index contributed by atoms with van der Waals surface area (Å²) in [6.45, 7) is 0.451. The zero-order valence-corrected chi connectivity index (χ0v) is 17.8. The van der Waals surface area contributed by atoms with Gasteiger partial charge in [-0.3, -0.25) is 4.79 Å². The number of aromatic nitrogens is 3. The summed E-state index contributed by atoms with van der Waals surface area (Å²) in [7, 11) is 0. The van der Waals surface area contributed by atoms with Crippen LogP contribution in [0.15, 0.2) is 65.6 Å². The number of imidazole rings is 1. The third-order valence-corrected chi connectivity index (χ3v) is 5.64. The van der Waals surface area contributed by atoms with Gasteiger partial charge >= 0.3 is 12.2 Å². The molecule has 0 unspecified atom stereocenters. The van der Waals surface area contributed by atoms with E-state index in [9.17, 15) is 22.8 Å². The van der Waals surface area contributed by atoms with Crippen molar-refractivity contribution >= 4 is 28.4 Å². The molecule has 0 radical (unpaired) electrons. The van der Waals surface area contributed by atoms with Crippen molar-refractivity contribution in [1.82, 2.24) is 14.5 Å². The monoisotopic (exact) mass is 467 g/mol. The van der Waals surface area contributed by atoms with E-state index in [1.54, 1.807) is 24.4 Å². The lowest BCUT2D eigenvalue weighted by Gasteiger charge is -2.12. The van der Waals surface area contributed by atoms with Gasteiger partial charge in [0.2, 0.25) is 0 Å². The normalized spacial score (nSPS) is 13.7. The number of nitrogens with one attached hydrogen (secondary N) is 3. The Morgan fingerprint density at radius 1 is 1.06 bits per heavy atom. The second-order valence-electron chi connectivity index (χ2n) is 8.23. The van der Waals surface area contributed by atoms with Crippen LogP contribution < -0.4 is 16.2 Å². The topological polar surface area (TPSA) is 91.8 Å². The summed E-state index contributed by atoms with van der Waals surface area (Å²) in [5.41, 5.74) is 1.58. The van der Waals surface area contributed by atoms with Gasteiger partial charge in [0, 0.05) is 30.0 Å². The molecule has 7 nitrogen and oxygen atoms in total. The van der Waals surface area contributed by atoms with Gasteiger partial charge in [0.1, 0.15) is 11.3 Å². The van der Waals surface area contributed by atoms with Crippen molar-refractivity contribution in [1.29, 1.82) is 0 Å². The first-order valence-electron chi connectivity index (χ1n) is 10.7. The molecule has 0 spiro atoms. The Labute approximate surface area is 191 Å². The number of carbonyl (C=O) groups excluding carboxylic acids is 1. The van der Waals surface area contributed by atoms with Crippen LogP contribution in [0.2, 0.25) is 0 Å². The molecule has 1 aliphatic rings. The Bertz CT molecular complexity index is 1420. The van der Waals surface area contributed by atoms with Gasteiger partial charge in [0.15, 0.2) is 0 Å². The van der Waals surface area contributed by atoms with E-state index in [0.29, 0.717) is 29.2 Å². The van der Waals surface area contributed by atoms with Crippen LogP contribution in [0.1, 0.15) is 35.7 Å². The van der Waals surface area contributed by atoms with Gasteiger partial charge in [-0.1, -0.05) is 18.2 Å². The average Bonchev–Trinajstić information content (AvgIpc) is 3.57. The molecule has 2 amide bonds. The molecular formula is C24H20F3N5O2. The minimum absolute atomic E-state index is 0.0359. The Kier molecular flexibility index (Phi) is 5.35. The first-order valence-corrected chi connectivity index (χ1v) is 10.7. The fourth-order valence-electron chi connectivity index (χ4n) is 3.87. The quantitative estimate of drug-likeness (QED) is 0.371. The predicted molar refractivity (Wildman–Crippen MR) is 122 cm³/mol. The highest BCUT2D eigenvalue weighted by molar-refractivity contribution is 5.99. The van der Waals surface area contributed by atoms with E-state index in [-0.39, 0.29) is 11.2 Å². The van der Waals surface area contributed by atoms with Crippen LogP contribution in [0.25, 0.3) is 11.0 Å². The smallest absolute Gasteiger partial charge is 0.327 e. The highest BCUT2D eigenvalue weighted by atomic mass is 19.4. The highest BCUT2D eigenvalue weighted by Crippen LogP contribution is 2.40. The molecule has 3 N–H and O–H groups in total. The van der Waals surface area contributed by atoms with Crippen molar-refractivity contribution < 1.29 is 18.0 Å². The maximum Gasteiger partial charge on any atom is 0.416 e.